The minimum Gasteiger partial charge on any atom is -0.316 e. The van der Waals surface area contributed by atoms with Gasteiger partial charge in [0, 0.05) is 0 Å². The van der Waals surface area contributed by atoms with Crippen molar-refractivity contribution in [3.05, 3.63) is 35.9 Å². The SMILES string of the molecule is CC(C)CC1CNCCC12CCCCC2c1ccccc1. The minimum atomic E-state index is 0.565. The lowest BCUT2D eigenvalue weighted by atomic mass is 9.54. The second-order valence-corrected chi connectivity index (χ2v) is 7.72. The maximum absolute atomic E-state index is 3.68. The zero-order chi connectivity index (χ0) is 14.7. The van der Waals surface area contributed by atoms with Crippen LogP contribution in [0.15, 0.2) is 30.3 Å². The van der Waals surface area contributed by atoms with Crippen LogP contribution >= 0.6 is 0 Å². The van der Waals surface area contributed by atoms with Gasteiger partial charge in [-0.1, -0.05) is 57.0 Å². The van der Waals surface area contributed by atoms with E-state index < -0.39 is 0 Å². The second-order valence-electron chi connectivity index (χ2n) is 7.72. The van der Waals surface area contributed by atoms with Gasteiger partial charge >= 0.3 is 0 Å². The van der Waals surface area contributed by atoms with E-state index in [1.165, 1.54) is 51.6 Å². The molecular weight excluding hydrogens is 254 g/mol. The summed E-state index contributed by atoms with van der Waals surface area (Å²) in [5.41, 5.74) is 2.17. The van der Waals surface area contributed by atoms with Gasteiger partial charge < -0.3 is 5.32 Å². The molecule has 3 unspecified atom stereocenters. The van der Waals surface area contributed by atoms with Crippen LogP contribution in [0.25, 0.3) is 0 Å². The number of hydrogen-bond acceptors (Lipinski definition) is 1. The Morgan fingerprint density at radius 3 is 2.71 bits per heavy atom. The lowest BCUT2D eigenvalue weighted by Gasteiger charge is -2.53. The van der Waals surface area contributed by atoms with E-state index in [4.69, 9.17) is 0 Å². The maximum Gasteiger partial charge on any atom is -0.00149 e. The van der Waals surface area contributed by atoms with Gasteiger partial charge in [-0.15, -0.1) is 0 Å². The standard InChI is InChI=1S/C20H31N/c1-16(2)14-18-15-21-13-12-20(18)11-7-6-10-19(20)17-8-4-3-5-9-17/h3-5,8-9,16,18-19,21H,6-7,10-15H2,1-2H3. The predicted octanol–water partition coefficient (Wildman–Crippen LogP) is 4.99. The summed E-state index contributed by atoms with van der Waals surface area (Å²) < 4.78 is 0. The van der Waals surface area contributed by atoms with Gasteiger partial charge in [-0.3, -0.25) is 0 Å². The highest BCUT2D eigenvalue weighted by atomic mass is 14.9. The Kier molecular flexibility index (Phi) is 4.69. The van der Waals surface area contributed by atoms with E-state index in [-0.39, 0.29) is 0 Å². The quantitative estimate of drug-likeness (QED) is 0.825. The first-order valence-corrected chi connectivity index (χ1v) is 8.98. The summed E-state index contributed by atoms with van der Waals surface area (Å²) in [6.45, 7) is 7.24. The van der Waals surface area contributed by atoms with Gasteiger partial charge in [0.25, 0.3) is 0 Å². The zero-order valence-corrected chi connectivity index (χ0v) is 13.8. The molecule has 1 heterocycles. The molecule has 0 radical (unpaired) electrons. The molecule has 1 aromatic rings. The van der Waals surface area contributed by atoms with Gasteiger partial charge in [0.05, 0.1) is 0 Å². The fraction of sp³-hybridized carbons (Fsp3) is 0.700. The van der Waals surface area contributed by atoms with Crippen molar-refractivity contribution in [2.45, 2.75) is 58.3 Å². The Labute approximate surface area is 130 Å². The van der Waals surface area contributed by atoms with Gasteiger partial charge in [-0.05, 0) is 67.5 Å². The molecule has 2 fully saturated rings. The molecule has 1 aliphatic carbocycles. The molecule has 2 aliphatic rings. The molecule has 1 aliphatic heterocycles. The molecule has 3 atom stereocenters. The van der Waals surface area contributed by atoms with Crippen LogP contribution in [0.1, 0.15) is 63.9 Å². The Morgan fingerprint density at radius 2 is 1.95 bits per heavy atom. The average molecular weight is 285 g/mol. The lowest BCUT2D eigenvalue weighted by Crippen LogP contribution is -2.50. The molecule has 1 nitrogen and oxygen atoms in total. The molecular formula is C20H31N. The predicted molar refractivity (Wildman–Crippen MR) is 90.5 cm³/mol. The molecule has 116 valence electrons. The summed E-state index contributed by atoms with van der Waals surface area (Å²) in [6, 6.07) is 11.4. The third-order valence-electron chi connectivity index (χ3n) is 6.01. The molecule has 1 heteroatoms. The van der Waals surface area contributed by atoms with E-state index in [0.717, 1.165) is 17.8 Å². The van der Waals surface area contributed by atoms with Crippen LogP contribution in [-0.4, -0.2) is 13.1 Å². The molecule has 3 rings (SSSR count). The van der Waals surface area contributed by atoms with E-state index in [1.807, 2.05) is 0 Å². The minimum absolute atomic E-state index is 0.565. The topological polar surface area (TPSA) is 12.0 Å². The van der Waals surface area contributed by atoms with Crippen LogP contribution in [-0.2, 0) is 0 Å². The Morgan fingerprint density at radius 1 is 1.14 bits per heavy atom. The molecule has 1 saturated carbocycles. The first-order chi connectivity index (χ1) is 10.2. The van der Waals surface area contributed by atoms with Crippen molar-refractivity contribution in [1.82, 2.24) is 5.32 Å². The molecule has 1 saturated heterocycles. The maximum atomic E-state index is 3.68. The van der Waals surface area contributed by atoms with Gasteiger partial charge in [-0.25, -0.2) is 0 Å². The van der Waals surface area contributed by atoms with E-state index in [9.17, 15) is 0 Å². The van der Waals surface area contributed by atoms with Gasteiger partial charge in [0.2, 0.25) is 0 Å². The van der Waals surface area contributed by atoms with Crippen molar-refractivity contribution in [3.63, 3.8) is 0 Å². The van der Waals surface area contributed by atoms with Crippen molar-refractivity contribution in [2.24, 2.45) is 17.3 Å². The smallest absolute Gasteiger partial charge is 0.00149 e. The number of piperidine rings is 1. The number of rotatable bonds is 3. The van der Waals surface area contributed by atoms with E-state index in [2.05, 4.69) is 49.5 Å². The molecule has 1 aromatic carbocycles. The highest BCUT2D eigenvalue weighted by Crippen LogP contribution is 2.56. The summed E-state index contributed by atoms with van der Waals surface area (Å²) in [4.78, 5) is 0. The fourth-order valence-electron chi connectivity index (χ4n) is 5.13. The normalized spacial score (nSPS) is 33.5. The van der Waals surface area contributed by atoms with Crippen LogP contribution in [0, 0.1) is 17.3 Å². The molecule has 0 aromatic heterocycles. The first-order valence-electron chi connectivity index (χ1n) is 8.98. The van der Waals surface area contributed by atoms with Crippen LogP contribution in [0.4, 0.5) is 0 Å². The third kappa shape index (κ3) is 3.04. The van der Waals surface area contributed by atoms with Gasteiger partial charge in [0.1, 0.15) is 0 Å². The summed E-state index contributed by atoms with van der Waals surface area (Å²) in [6.07, 6.45) is 8.48. The molecule has 1 spiro atoms. The highest BCUT2D eigenvalue weighted by molar-refractivity contribution is 5.24. The number of benzene rings is 1. The fourth-order valence-corrected chi connectivity index (χ4v) is 5.13. The average Bonchev–Trinajstić information content (AvgIpc) is 2.51. The summed E-state index contributed by atoms with van der Waals surface area (Å²) >= 11 is 0. The lowest BCUT2D eigenvalue weighted by molar-refractivity contribution is 0.0223. The number of hydrogen-bond donors (Lipinski definition) is 1. The Bertz CT molecular complexity index is 432. The van der Waals surface area contributed by atoms with E-state index in [0.29, 0.717) is 5.41 Å². The van der Waals surface area contributed by atoms with E-state index in [1.54, 1.807) is 5.56 Å². The van der Waals surface area contributed by atoms with Crippen molar-refractivity contribution < 1.29 is 0 Å². The van der Waals surface area contributed by atoms with E-state index >= 15 is 0 Å². The number of nitrogens with one attached hydrogen (secondary N) is 1. The van der Waals surface area contributed by atoms with Crippen molar-refractivity contribution in [2.75, 3.05) is 13.1 Å². The van der Waals surface area contributed by atoms with Gasteiger partial charge in [0.15, 0.2) is 0 Å². The highest BCUT2D eigenvalue weighted by Gasteiger charge is 2.47. The van der Waals surface area contributed by atoms with Crippen LogP contribution in [0.5, 0.6) is 0 Å². The summed E-state index contributed by atoms with van der Waals surface area (Å²) in [5, 5.41) is 3.68. The summed E-state index contributed by atoms with van der Waals surface area (Å²) in [5.74, 6) is 2.46. The largest absolute Gasteiger partial charge is 0.316 e. The van der Waals surface area contributed by atoms with Crippen LogP contribution in [0.3, 0.4) is 0 Å². The first kappa shape index (κ1) is 15.1. The monoisotopic (exact) mass is 285 g/mol. The molecule has 0 amide bonds. The molecule has 21 heavy (non-hydrogen) atoms. The molecule has 1 N–H and O–H groups in total. The Balaban J connectivity index is 1.93. The van der Waals surface area contributed by atoms with Crippen LogP contribution in [0.2, 0.25) is 0 Å². The third-order valence-corrected chi connectivity index (χ3v) is 6.01. The van der Waals surface area contributed by atoms with Crippen molar-refractivity contribution in [1.29, 1.82) is 0 Å². The Hall–Kier alpha value is -0.820. The van der Waals surface area contributed by atoms with Gasteiger partial charge in [-0.2, -0.15) is 0 Å². The van der Waals surface area contributed by atoms with Crippen molar-refractivity contribution >= 4 is 0 Å². The summed E-state index contributed by atoms with van der Waals surface area (Å²) in [7, 11) is 0. The molecule has 0 bridgehead atoms. The second kappa shape index (κ2) is 6.52. The zero-order valence-electron chi connectivity index (χ0n) is 13.8. The van der Waals surface area contributed by atoms with Crippen molar-refractivity contribution in [3.8, 4) is 0 Å². The van der Waals surface area contributed by atoms with Crippen LogP contribution < -0.4 is 5.32 Å².